The van der Waals surface area contributed by atoms with Crippen LogP contribution < -0.4 is 18.9 Å². The lowest BCUT2D eigenvalue weighted by atomic mass is 9.96. The van der Waals surface area contributed by atoms with Crippen LogP contribution in [-0.2, 0) is 22.4 Å². The number of hydrogen-bond acceptors (Lipinski definition) is 6. The summed E-state index contributed by atoms with van der Waals surface area (Å²) >= 11 is 0. The molecule has 1 aliphatic heterocycles. The van der Waals surface area contributed by atoms with Crippen molar-refractivity contribution in [3.8, 4) is 34.1 Å². The topological polar surface area (TPSA) is 77.5 Å². The van der Waals surface area contributed by atoms with Gasteiger partial charge >= 0.3 is 0 Å². The number of amides is 2. The van der Waals surface area contributed by atoms with Gasteiger partial charge in [0.1, 0.15) is 17.8 Å². The maximum absolute atomic E-state index is 13.6. The molecule has 212 valence electrons. The molecule has 0 radical (unpaired) electrons. The molecule has 0 unspecified atom stereocenters. The van der Waals surface area contributed by atoms with Crippen LogP contribution in [0.3, 0.4) is 0 Å². The van der Waals surface area contributed by atoms with Crippen LogP contribution in [0.15, 0.2) is 60.7 Å². The van der Waals surface area contributed by atoms with E-state index in [0.717, 1.165) is 35.3 Å². The molecule has 3 aromatic carbocycles. The molecule has 0 aromatic heterocycles. The molecule has 0 bridgehead atoms. The van der Waals surface area contributed by atoms with Crippen molar-refractivity contribution in [1.29, 1.82) is 0 Å². The fraction of sp³-hybridized carbons (Fsp3) is 0.375. The molecule has 1 heterocycles. The zero-order valence-corrected chi connectivity index (χ0v) is 24.1. The predicted octanol–water partition coefficient (Wildman–Crippen LogP) is 4.62. The van der Waals surface area contributed by atoms with E-state index in [1.54, 1.807) is 45.3 Å². The first kappa shape index (κ1) is 28.8. The van der Waals surface area contributed by atoms with Gasteiger partial charge in [-0.15, -0.1) is 0 Å². The van der Waals surface area contributed by atoms with Gasteiger partial charge in [-0.3, -0.25) is 9.59 Å². The van der Waals surface area contributed by atoms with Crippen molar-refractivity contribution < 1.29 is 28.5 Å². The molecule has 8 nitrogen and oxygen atoms in total. The molecule has 0 N–H and O–H groups in total. The van der Waals surface area contributed by atoms with Crippen molar-refractivity contribution in [2.24, 2.45) is 0 Å². The molecule has 0 spiro atoms. The molecule has 40 heavy (non-hydrogen) atoms. The fourth-order valence-electron chi connectivity index (χ4n) is 5.21. The van der Waals surface area contributed by atoms with Crippen LogP contribution in [0.2, 0.25) is 0 Å². The number of carbonyl (C=O) groups excluding carboxylic acids is 2. The van der Waals surface area contributed by atoms with Gasteiger partial charge in [0.15, 0.2) is 11.5 Å². The third-order valence-corrected chi connectivity index (χ3v) is 7.61. The largest absolute Gasteiger partial charge is 0.497 e. The summed E-state index contributed by atoms with van der Waals surface area (Å²) in [6.45, 7) is 2.34. The fourth-order valence-corrected chi connectivity index (χ4v) is 5.21. The highest BCUT2D eigenvalue weighted by Crippen LogP contribution is 2.41. The summed E-state index contributed by atoms with van der Waals surface area (Å²) < 4.78 is 21.6. The van der Waals surface area contributed by atoms with Crippen LogP contribution in [0.4, 0.5) is 0 Å². The van der Waals surface area contributed by atoms with E-state index in [1.807, 2.05) is 67.6 Å². The van der Waals surface area contributed by atoms with Crippen molar-refractivity contribution in [3.05, 3.63) is 71.8 Å². The molecular weight excluding hydrogens is 508 g/mol. The van der Waals surface area contributed by atoms with E-state index in [9.17, 15) is 9.59 Å². The number of carbonyl (C=O) groups is 2. The van der Waals surface area contributed by atoms with Gasteiger partial charge in [0.25, 0.3) is 0 Å². The maximum Gasteiger partial charge on any atom is 0.246 e. The number of likely N-dealkylation sites (N-methyl/N-ethyl adjacent to an activating group) is 1. The molecule has 3 aromatic rings. The molecule has 8 heteroatoms. The Morgan fingerprint density at radius 2 is 1.32 bits per heavy atom. The van der Waals surface area contributed by atoms with Crippen LogP contribution in [-0.4, -0.2) is 75.7 Å². The molecule has 2 amide bonds. The van der Waals surface area contributed by atoms with Crippen molar-refractivity contribution in [3.63, 3.8) is 0 Å². The third kappa shape index (κ3) is 6.01. The van der Waals surface area contributed by atoms with Gasteiger partial charge in [-0.05, 0) is 66.3 Å². The Morgan fingerprint density at radius 1 is 0.725 bits per heavy atom. The van der Waals surface area contributed by atoms with E-state index in [-0.39, 0.29) is 11.8 Å². The van der Waals surface area contributed by atoms with Crippen molar-refractivity contribution >= 4 is 11.8 Å². The van der Waals surface area contributed by atoms with Crippen LogP contribution >= 0.6 is 0 Å². The van der Waals surface area contributed by atoms with Gasteiger partial charge in [-0.2, -0.15) is 0 Å². The molecule has 0 aliphatic carbocycles. The zero-order chi connectivity index (χ0) is 28.8. The molecule has 1 aliphatic rings. The first-order valence-electron chi connectivity index (χ1n) is 13.4. The Bertz CT molecular complexity index is 1300. The van der Waals surface area contributed by atoms with E-state index < -0.39 is 12.1 Å². The van der Waals surface area contributed by atoms with Crippen LogP contribution in [0.25, 0.3) is 11.1 Å². The lowest BCUT2D eigenvalue weighted by molar-refractivity contribution is -0.159. The Balaban J connectivity index is 1.46. The van der Waals surface area contributed by atoms with Crippen molar-refractivity contribution in [2.75, 3.05) is 42.0 Å². The van der Waals surface area contributed by atoms with Crippen LogP contribution in [0.5, 0.6) is 23.0 Å². The second-order valence-electron chi connectivity index (χ2n) is 9.94. The summed E-state index contributed by atoms with van der Waals surface area (Å²) in [6.07, 6.45) is 2.03. The lowest BCUT2D eigenvalue weighted by Crippen LogP contribution is -2.63. The highest BCUT2D eigenvalue weighted by Gasteiger charge is 2.41. The Hall–Kier alpha value is -4.20. The SMILES string of the molecule is COc1ccc(CCCN2C(=O)[C@H](Cc3ccc(-c4cc(OC)c(OC)c(OC)c4)cc3)N(C)C(=O)[C@@H]2C)cc1. The lowest BCUT2D eigenvalue weighted by Gasteiger charge is -2.42. The minimum atomic E-state index is -0.545. The summed E-state index contributed by atoms with van der Waals surface area (Å²) in [7, 11) is 8.12. The third-order valence-electron chi connectivity index (χ3n) is 7.61. The van der Waals surface area contributed by atoms with Crippen molar-refractivity contribution in [1.82, 2.24) is 9.80 Å². The molecule has 2 atom stereocenters. The maximum atomic E-state index is 13.6. The van der Waals surface area contributed by atoms with Crippen molar-refractivity contribution in [2.45, 2.75) is 38.3 Å². The first-order chi connectivity index (χ1) is 19.3. The zero-order valence-electron chi connectivity index (χ0n) is 24.1. The second-order valence-corrected chi connectivity index (χ2v) is 9.94. The van der Waals surface area contributed by atoms with Gasteiger partial charge in [0.2, 0.25) is 17.6 Å². The average molecular weight is 547 g/mol. The second kappa shape index (κ2) is 12.8. The number of rotatable bonds is 11. The summed E-state index contributed by atoms with van der Waals surface area (Å²) in [4.78, 5) is 30.0. The van der Waals surface area contributed by atoms with E-state index in [4.69, 9.17) is 18.9 Å². The number of hydrogen-bond donors (Lipinski definition) is 0. The molecule has 1 saturated heterocycles. The standard InChI is InChI=1S/C32H38N2O6/c1-21-31(35)33(2)27(32(36)34(21)17-7-8-22-11-15-26(37-3)16-12-22)18-23-9-13-24(14-10-23)25-19-28(38-4)30(40-6)29(20-25)39-5/h9-16,19-21,27H,7-8,17-18H2,1-6H3/t21-,27-/m0/s1. The monoisotopic (exact) mass is 546 g/mol. The molecular formula is C32H38N2O6. The minimum Gasteiger partial charge on any atom is -0.497 e. The van der Waals surface area contributed by atoms with E-state index in [2.05, 4.69) is 0 Å². The number of benzene rings is 3. The first-order valence-corrected chi connectivity index (χ1v) is 13.4. The van der Waals surface area contributed by atoms with E-state index >= 15 is 0 Å². The molecule has 0 saturated carbocycles. The normalized spacial score (nSPS) is 17.1. The Morgan fingerprint density at radius 3 is 1.88 bits per heavy atom. The summed E-state index contributed by atoms with van der Waals surface area (Å²) in [5, 5.41) is 0. The van der Waals surface area contributed by atoms with Gasteiger partial charge in [-0.1, -0.05) is 36.4 Å². The van der Waals surface area contributed by atoms with Gasteiger partial charge < -0.3 is 28.7 Å². The smallest absolute Gasteiger partial charge is 0.246 e. The summed E-state index contributed by atoms with van der Waals surface area (Å²) in [5.74, 6) is 2.46. The van der Waals surface area contributed by atoms with Gasteiger partial charge in [0.05, 0.1) is 28.4 Å². The molecule has 4 rings (SSSR count). The van der Waals surface area contributed by atoms with E-state index in [1.165, 1.54) is 5.56 Å². The number of nitrogens with zero attached hydrogens (tertiary/aromatic N) is 2. The Labute approximate surface area is 236 Å². The average Bonchev–Trinajstić information content (AvgIpc) is 2.99. The summed E-state index contributed by atoms with van der Waals surface area (Å²) in [6, 6.07) is 18.7. The summed E-state index contributed by atoms with van der Waals surface area (Å²) in [5.41, 5.74) is 4.03. The number of piperazine rings is 1. The number of methoxy groups -OCH3 is 4. The van der Waals surface area contributed by atoms with Gasteiger partial charge in [-0.25, -0.2) is 0 Å². The number of ether oxygens (including phenoxy) is 4. The Kier molecular flexibility index (Phi) is 9.19. The predicted molar refractivity (Wildman–Crippen MR) is 154 cm³/mol. The van der Waals surface area contributed by atoms with Gasteiger partial charge in [0, 0.05) is 20.0 Å². The van der Waals surface area contributed by atoms with Crippen LogP contribution in [0.1, 0.15) is 24.5 Å². The van der Waals surface area contributed by atoms with Crippen LogP contribution in [0, 0.1) is 0 Å². The van der Waals surface area contributed by atoms with E-state index in [0.29, 0.717) is 30.2 Å². The quantitative estimate of drug-likeness (QED) is 0.349. The highest BCUT2D eigenvalue weighted by molar-refractivity contribution is 5.96. The molecule has 1 fully saturated rings. The minimum absolute atomic E-state index is 0.0157. The number of aryl methyl sites for hydroxylation is 1. The highest BCUT2D eigenvalue weighted by atomic mass is 16.5.